The van der Waals surface area contributed by atoms with Crippen LogP contribution < -0.4 is 10.6 Å². The van der Waals surface area contributed by atoms with E-state index in [9.17, 15) is 14.4 Å². The van der Waals surface area contributed by atoms with E-state index in [4.69, 9.17) is 14.2 Å². The predicted octanol–water partition coefficient (Wildman–Crippen LogP) is 6.73. The Kier molecular flexibility index (Phi) is 13.6. The van der Waals surface area contributed by atoms with E-state index in [-0.39, 0.29) is 48.3 Å². The number of rotatable bonds is 16. The van der Waals surface area contributed by atoms with E-state index in [1.165, 1.54) is 44.9 Å². The number of hydrogen-bond donors (Lipinski definition) is 2. The molecule has 0 bridgehead atoms. The van der Waals surface area contributed by atoms with Crippen LogP contribution in [-0.2, 0) is 28.6 Å². The van der Waals surface area contributed by atoms with Crippen molar-refractivity contribution in [3.05, 3.63) is 0 Å². The van der Waals surface area contributed by atoms with Gasteiger partial charge in [0.2, 0.25) is 11.8 Å². The van der Waals surface area contributed by atoms with Gasteiger partial charge in [0.25, 0.3) is 0 Å². The van der Waals surface area contributed by atoms with Gasteiger partial charge in [-0.3, -0.25) is 14.4 Å². The maximum Gasteiger partial charge on any atom is 0.307 e. The van der Waals surface area contributed by atoms with Crippen molar-refractivity contribution in [2.24, 2.45) is 10.8 Å². The number of ether oxygens (including phenoxy) is 3. The van der Waals surface area contributed by atoms with Crippen molar-refractivity contribution >= 4 is 17.8 Å². The maximum absolute atomic E-state index is 13.7. The fourth-order valence-corrected chi connectivity index (χ4v) is 6.89. The number of unbranched alkanes of at least 4 members (excludes halogenated alkanes) is 7. The van der Waals surface area contributed by atoms with Crippen molar-refractivity contribution in [3.63, 3.8) is 0 Å². The van der Waals surface area contributed by atoms with Crippen LogP contribution >= 0.6 is 0 Å². The van der Waals surface area contributed by atoms with Crippen LogP contribution in [0.2, 0.25) is 0 Å². The minimum atomic E-state index is -0.831. The number of carbonyl (C=O) groups is 3. The van der Waals surface area contributed by atoms with Crippen LogP contribution in [0.4, 0.5) is 0 Å². The van der Waals surface area contributed by atoms with Crippen LogP contribution in [0, 0.1) is 10.8 Å². The molecule has 1 saturated heterocycles. The number of esters is 1. The average Bonchev–Trinajstić information content (AvgIpc) is 3.43. The third-order valence-electron chi connectivity index (χ3n) is 9.62. The first-order valence-electron chi connectivity index (χ1n) is 17.1. The maximum atomic E-state index is 13.7. The molecule has 2 aliphatic carbocycles. The Morgan fingerprint density at radius 2 is 1.50 bits per heavy atom. The van der Waals surface area contributed by atoms with Gasteiger partial charge in [0.1, 0.15) is 12.2 Å². The van der Waals surface area contributed by atoms with Gasteiger partial charge in [0.15, 0.2) is 5.79 Å². The highest BCUT2D eigenvalue weighted by molar-refractivity contribution is 5.83. The smallest absolute Gasteiger partial charge is 0.307 e. The molecule has 3 unspecified atom stereocenters. The summed E-state index contributed by atoms with van der Waals surface area (Å²) in [5.41, 5.74) is -0.731. The lowest BCUT2D eigenvalue weighted by Gasteiger charge is -2.44. The largest absolute Gasteiger partial charge is 0.460 e. The Morgan fingerprint density at radius 1 is 0.857 bits per heavy atom. The third-order valence-corrected chi connectivity index (χ3v) is 9.62. The molecule has 8 nitrogen and oxygen atoms in total. The molecule has 242 valence electrons. The fraction of sp³-hybridized carbons (Fsp3) is 0.912. The zero-order chi connectivity index (χ0) is 30.6. The molecular formula is C34H60N2O6. The fourth-order valence-electron chi connectivity index (χ4n) is 6.89. The van der Waals surface area contributed by atoms with E-state index in [1.807, 2.05) is 13.8 Å². The third kappa shape index (κ3) is 10.5. The summed E-state index contributed by atoms with van der Waals surface area (Å²) in [7, 11) is 0. The van der Waals surface area contributed by atoms with Crippen molar-refractivity contribution in [2.75, 3.05) is 13.2 Å². The highest BCUT2D eigenvalue weighted by Crippen LogP contribution is 2.43. The van der Waals surface area contributed by atoms with Crippen LogP contribution in [-0.4, -0.2) is 55.0 Å². The van der Waals surface area contributed by atoms with Crippen LogP contribution in [0.15, 0.2) is 0 Å². The van der Waals surface area contributed by atoms with Gasteiger partial charge in [0.05, 0.1) is 19.1 Å². The van der Waals surface area contributed by atoms with E-state index in [0.717, 1.165) is 64.2 Å². The Balaban J connectivity index is 1.44. The minimum Gasteiger partial charge on any atom is -0.460 e. The molecule has 1 heterocycles. The predicted molar refractivity (Wildman–Crippen MR) is 165 cm³/mol. The van der Waals surface area contributed by atoms with E-state index >= 15 is 0 Å². The highest BCUT2D eigenvalue weighted by Gasteiger charge is 2.46. The first-order chi connectivity index (χ1) is 20.0. The second-order valence-electron chi connectivity index (χ2n) is 14.3. The molecule has 0 aromatic rings. The summed E-state index contributed by atoms with van der Waals surface area (Å²) in [6.45, 7) is 10.3. The van der Waals surface area contributed by atoms with E-state index < -0.39 is 17.3 Å². The molecule has 0 aromatic heterocycles. The number of amides is 2. The SMILES string of the molecule is CCCCCCCCCCC1(C(=O)NC2CCCCC2OC(=O)CCNC(=O)C2OC(C)(C)OCC2(C)C)CCCC1. The molecule has 3 aliphatic rings. The summed E-state index contributed by atoms with van der Waals surface area (Å²) in [6, 6.07) is -0.139. The Labute approximate surface area is 255 Å². The Bertz CT molecular complexity index is 866. The molecule has 3 atom stereocenters. The topological polar surface area (TPSA) is 103 Å². The lowest BCUT2D eigenvalue weighted by atomic mass is 9.79. The molecule has 2 saturated carbocycles. The summed E-state index contributed by atoms with van der Waals surface area (Å²) >= 11 is 0. The molecule has 0 spiro atoms. The van der Waals surface area contributed by atoms with E-state index in [0.29, 0.717) is 6.61 Å². The second kappa shape index (κ2) is 16.4. The van der Waals surface area contributed by atoms with Crippen LogP contribution in [0.5, 0.6) is 0 Å². The van der Waals surface area contributed by atoms with Gasteiger partial charge >= 0.3 is 5.97 Å². The van der Waals surface area contributed by atoms with Crippen molar-refractivity contribution in [1.82, 2.24) is 10.6 Å². The minimum absolute atomic E-state index is 0.0817. The monoisotopic (exact) mass is 592 g/mol. The molecule has 2 amide bonds. The molecule has 42 heavy (non-hydrogen) atoms. The summed E-state index contributed by atoms with van der Waals surface area (Å²) in [4.78, 5) is 39.4. The van der Waals surface area contributed by atoms with Gasteiger partial charge in [-0.15, -0.1) is 0 Å². The lowest BCUT2D eigenvalue weighted by molar-refractivity contribution is -0.304. The molecule has 2 N–H and O–H groups in total. The van der Waals surface area contributed by atoms with Gasteiger partial charge in [-0.25, -0.2) is 0 Å². The summed E-state index contributed by atoms with van der Waals surface area (Å²) < 4.78 is 17.5. The summed E-state index contributed by atoms with van der Waals surface area (Å²) in [5.74, 6) is -1.25. The van der Waals surface area contributed by atoms with E-state index in [2.05, 4.69) is 17.6 Å². The standard InChI is InChI=1S/C34H60N2O6/c1-6-7-8-9-10-11-12-15-21-34(22-16-17-23-34)31(39)36-26-18-13-14-19-27(26)41-28(37)20-24-35-30(38)29-32(2,3)25-40-33(4,5)42-29/h26-27,29H,6-25H2,1-5H3,(H,35,38)(H,36,39). The molecule has 0 aromatic carbocycles. The van der Waals surface area contributed by atoms with Crippen LogP contribution in [0.25, 0.3) is 0 Å². The molecule has 8 heteroatoms. The van der Waals surface area contributed by atoms with Gasteiger partial charge < -0.3 is 24.8 Å². The van der Waals surface area contributed by atoms with Crippen molar-refractivity contribution in [2.45, 2.75) is 174 Å². The zero-order valence-corrected chi connectivity index (χ0v) is 27.3. The molecule has 3 rings (SSSR count). The number of carbonyl (C=O) groups excluding carboxylic acids is 3. The van der Waals surface area contributed by atoms with E-state index in [1.54, 1.807) is 13.8 Å². The molecular weight excluding hydrogens is 532 g/mol. The van der Waals surface area contributed by atoms with Crippen molar-refractivity contribution in [1.29, 1.82) is 0 Å². The van der Waals surface area contributed by atoms with Gasteiger partial charge in [-0.2, -0.15) is 0 Å². The lowest BCUT2D eigenvalue weighted by Crippen LogP contribution is -2.56. The van der Waals surface area contributed by atoms with Crippen LogP contribution in [0.3, 0.4) is 0 Å². The van der Waals surface area contributed by atoms with Gasteiger partial charge in [-0.1, -0.05) is 91.4 Å². The van der Waals surface area contributed by atoms with Crippen molar-refractivity contribution < 1.29 is 28.6 Å². The zero-order valence-electron chi connectivity index (χ0n) is 27.3. The number of hydrogen-bond acceptors (Lipinski definition) is 6. The number of nitrogens with one attached hydrogen (secondary N) is 2. The molecule has 1 aliphatic heterocycles. The average molecular weight is 593 g/mol. The first kappa shape index (κ1) is 34.8. The highest BCUT2D eigenvalue weighted by atomic mass is 16.7. The van der Waals surface area contributed by atoms with Gasteiger partial charge in [0, 0.05) is 17.4 Å². The van der Waals surface area contributed by atoms with Gasteiger partial charge in [-0.05, 0) is 52.4 Å². The quantitative estimate of drug-likeness (QED) is 0.152. The summed E-state index contributed by atoms with van der Waals surface area (Å²) in [5, 5.41) is 6.20. The Morgan fingerprint density at radius 3 is 2.19 bits per heavy atom. The summed E-state index contributed by atoms with van der Waals surface area (Å²) in [6.07, 6.45) is 18.0. The molecule has 0 radical (unpaired) electrons. The second-order valence-corrected chi connectivity index (χ2v) is 14.3. The normalized spacial score (nSPS) is 26.4. The molecule has 3 fully saturated rings. The Hall–Kier alpha value is -1.67. The first-order valence-corrected chi connectivity index (χ1v) is 17.1. The van der Waals surface area contributed by atoms with Crippen LogP contribution in [0.1, 0.15) is 150 Å². The van der Waals surface area contributed by atoms with Crippen molar-refractivity contribution in [3.8, 4) is 0 Å².